The Morgan fingerprint density at radius 2 is 1.52 bits per heavy atom. The third-order valence-electron chi connectivity index (χ3n) is 6.77. The maximum atomic E-state index is 13.6. The van der Waals surface area contributed by atoms with E-state index in [2.05, 4.69) is 41.0 Å². The molecule has 0 aliphatic rings. The highest BCUT2D eigenvalue weighted by molar-refractivity contribution is 8.00. The third kappa shape index (κ3) is 6.43. The van der Waals surface area contributed by atoms with E-state index in [4.69, 9.17) is 4.98 Å². The van der Waals surface area contributed by atoms with E-state index in [-0.39, 0.29) is 11.8 Å². The number of hydrogen-bond acceptors (Lipinski definition) is 5. The van der Waals surface area contributed by atoms with Gasteiger partial charge < -0.3 is 10.6 Å². The van der Waals surface area contributed by atoms with Crippen molar-refractivity contribution >= 4 is 56.5 Å². The van der Waals surface area contributed by atoms with E-state index in [9.17, 15) is 9.59 Å². The lowest BCUT2D eigenvalue weighted by Crippen LogP contribution is -2.19. The Labute approximate surface area is 252 Å². The zero-order valence-electron chi connectivity index (χ0n) is 22.8. The number of nitrogens with one attached hydrogen (secondary N) is 2. The van der Waals surface area contributed by atoms with Crippen molar-refractivity contribution in [2.75, 3.05) is 10.6 Å². The average molecular weight is 586 g/mol. The van der Waals surface area contributed by atoms with E-state index in [0.717, 1.165) is 32.7 Å². The van der Waals surface area contributed by atoms with Crippen molar-refractivity contribution in [1.29, 1.82) is 0 Å². The second-order valence-corrected chi connectivity index (χ2v) is 11.9. The van der Waals surface area contributed by atoms with Crippen LogP contribution in [0.4, 0.5) is 10.8 Å². The van der Waals surface area contributed by atoms with Gasteiger partial charge in [0.25, 0.3) is 5.91 Å². The highest BCUT2D eigenvalue weighted by atomic mass is 32.2. The van der Waals surface area contributed by atoms with Crippen LogP contribution in [0, 0.1) is 6.92 Å². The lowest BCUT2D eigenvalue weighted by Gasteiger charge is -2.16. The van der Waals surface area contributed by atoms with Crippen LogP contribution in [0.5, 0.6) is 0 Å². The molecular weight excluding hydrogens is 559 g/mol. The molecule has 5 aromatic carbocycles. The molecule has 1 atom stereocenters. The number of nitrogens with zero attached hydrogens (tertiary/aromatic N) is 1. The van der Waals surface area contributed by atoms with Crippen molar-refractivity contribution < 1.29 is 9.59 Å². The molecule has 42 heavy (non-hydrogen) atoms. The highest BCUT2D eigenvalue weighted by Gasteiger charge is 2.23. The Morgan fingerprint density at radius 1 is 0.762 bits per heavy atom. The SMILES string of the molecule is Cc1cccc(C(=O)Nc2ccc(SC(C(=O)Nc3nc(-c4ccc5ccccc5c4)cs3)c3ccccc3)cc2)c1. The summed E-state index contributed by atoms with van der Waals surface area (Å²) in [6, 6.07) is 39.2. The van der Waals surface area contributed by atoms with E-state index in [0.29, 0.717) is 16.4 Å². The number of thioether (sulfide) groups is 1. The minimum Gasteiger partial charge on any atom is -0.322 e. The molecule has 0 spiro atoms. The molecule has 0 saturated carbocycles. The molecule has 0 bridgehead atoms. The first-order valence-corrected chi connectivity index (χ1v) is 15.2. The lowest BCUT2D eigenvalue weighted by molar-refractivity contribution is -0.115. The monoisotopic (exact) mass is 585 g/mol. The van der Waals surface area contributed by atoms with E-state index < -0.39 is 5.25 Å². The molecule has 5 nitrogen and oxygen atoms in total. The fourth-order valence-corrected chi connectivity index (χ4v) is 6.37. The maximum Gasteiger partial charge on any atom is 0.255 e. The summed E-state index contributed by atoms with van der Waals surface area (Å²) in [5, 5.41) is 10.3. The summed E-state index contributed by atoms with van der Waals surface area (Å²) >= 11 is 2.86. The second-order valence-electron chi connectivity index (χ2n) is 9.85. The molecule has 1 aromatic heterocycles. The Balaban J connectivity index is 1.17. The van der Waals surface area contributed by atoms with Crippen molar-refractivity contribution in [3.63, 3.8) is 0 Å². The summed E-state index contributed by atoms with van der Waals surface area (Å²) in [5.74, 6) is -0.311. The van der Waals surface area contributed by atoms with Gasteiger partial charge in [-0.2, -0.15) is 0 Å². The fourth-order valence-electron chi connectivity index (χ4n) is 4.63. The first kappa shape index (κ1) is 27.4. The number of aryl methyl sites for hydroxylation is 1. The molecule has 0 fully saturated rings. The Bertz CT molecular complexity index is 1870. The minimum absolute atomic E-state index is 0.151. The molecule has 2 amide bonds. The number of hydrogen-bond donors (Lipinski definition) is 2. The number of rotatable bonds is 8. The number of aromatic nitrogens is 1. The Hall–Kier alpha value is -4.72. The van der Waals surface area contributed by atoms with Crippen LogP contribution in [0.1, 0.15) is 26.7 Å². The molecular formula is C35H27N3O2S2. The predicted octanol–water partition coefficient (Wildman–Crippen LogP) is 9.00. The molecule has 0 aliphatic carbocycles. The smallest absolute Gasteiger partial charge is 0.255 e. The van der Waals surface area contributed by atoms with Crippen LogP contribution in [0.15, 0.2) is 132 Å². The summed E-state index contributed by atoms with van der Waals surface area (Å²) in [6.45, 7) is 1.96. The van der Waals surface area contributed by atoms with E-state index in [1.54, 1.807) is 6.07 Å². The summed E-state index contributed by atoms with van der Waals surface area (Å²) in [6.07, 6.45) is 0. The van der Waals surface area contributed by atoms with Gasteiger partial charge in [-0.25, -0.2) is 4.98 Å². The van der Waals surface area contributed by atoms with Crippen LogP contribution >= 0.6 is 23.1 Å². The van der Waals surface area contributed by atoms with Gasteiger partial charge in [-0.3, -0.25) is 9.59 Å². The molecule has 0 radical (unpaired) electrons. The summed E-state index contributed by atoms with van der Waals surface area (Å²) in [5.41, 5.74) is 5.06. The van der Waals surface area contributed by atoms with Crippen molar-refractivity contribution in [3.05, 3.63) is 143 Å². The van der Waals surface area contributed by atoms with Crippen LogP contribution in [0.25, 0.3) is 22.0 Å². The van der Waals surface area contributed by atoms with Crippen molar-refractivity contribution in [1.82, 2.24) is 4.98 Å². The lowest BCUT2D eigenvalue weighted by atomic mass is 10.1. The van der Waals surface area contributed by atoms with Gasteiger partial charge in [0.15, 0.2) is 5.13 Å². The number of anilines is 2. The molecule has 0 saturated heterocycles. The van der Waals surface area contributed by atoms with Crippen LogP contribution in [-0.2, 0) is 4.79 Å². The second kappa shape index (κ2) is 12.4. The van der Waals surface area contributed by atoms with Gasteiger partial charge in [0.05, 0.1) is 5.69 Å². The molecule has 206 valence electrons. The molecule has 0 aliphatic heterocycles. The van der Waals surface area contributed by atoms with Crippen molar-refractivity contribution in [2.24, 2.45) is 0 Å². The first-order chi connectivity index (χ1) is 20.5. The van der Waals surface area contributed by atoms with Gasteiger partial charge in [-0.1, -0.05) is 84.4 Å². The first-order valence-electron chi connectivity index (χ1n) is 13.5. The van der Waals surface area contributed by atoms with E-state index >= 15 is 0 Å². The summed E-state index contributed by atoms with van der Waals surface area (Å²) < 4.78 is 0. The zero-order chi connectivity index (χ0) is 28.9. The summed E-state index contributed by atoms with van der Waals surface area (Å²) in [4.78, 5) is 31.9. The Morgan fingerprint density at radius 3 is 2.31 bits per heavy atom. The van der Waals surface area contributed by atoms with Crippen molar-refractivity contribution in [2.45, 2.75) is 17.1 Å². The summed E-state index contributed by atoms with van der Waals surface area (Å²) in [7, 11) is 0. The average Bonchev–Trinajstić information content (AvgIpc) is 3.49. The molecule has 1 unspecified atom stereocenters. The molecule has 7 heteroatoms. The van der Waals surface area contributed by atoms with Gasteiger partial charge in [-0.05, 0) is 65.7 Å². The number of amides is 2. The topological polar surface area (TPSA) is 71.1 Å². The fraction of sp³-hybridized carbons (Fsp3) is 0.0571. The number of carbonyl (C=O) groups excluding carboxylic acids is 2. The third-order valence-corrected chi connectivity index (χ3v) is 8.79. The van der Waals surface area contributed by atoms with Crippen LogP contribution in [0.3, 0.4) is 0 Å². The normalized spacial score (nSPS) is 11.6. The van der Waals surface area contributed by atoms with Crippen molar-refractivity contribution in [3.8, 4) is 11.3 Å². The van der Waals surface area contributed by atoms with Gasteiger partial charge in [0.2, 0.25) is 5.91 Å². The largest absolute Gasteiger partial charge is 0.322 e. The minimum atomic E-state index is -0.494. The molecule has 1 heterocycles. The van der Waals surface area contributed by atoms with Crippen LogP contribution in [0.2, 0.25) is 0 Å². The number of benzene rings is 5. The van der Waals surface area contributed by atoms with Gasteiger partial charge in [0, 0.05) is 27.1 Å². The standard InChI is InChI=1S/C35H27N3O2S2/c1-23-8-7-13-28(20-23)33(39)36-29-16-18-30(19-17-29)42-32(25-10-3-2-4-11-25)34(40)38-35-37-31(22-41-35)27-15-14-24-9-5-6-12-26(24)21-27/h2-22,32H,1H3,(H,36,39)(H,37,38,40). The van der Waals surface area contributed by atoms with Crippen LogP contribution < -0.4 is 10.6 Å². The zero-order valence-corrected chi connectivity index (χ0v) is 24.4. The van der Waals surface area contributed by atoms with E-state index in [1.165, 1.54) is 28.5 Å². The number of thiazole rings is 1. The quantitative estimate of drug-likeness (QED) is 0.175. The van der Waals surface area contributed by atoms with Gasteiger partial charge >= 0.3 is 0 Å². The van der Waals surface area contributed by atoms with Gasteiger partial charge in [0.1, 0.15) is 5.25 Å². The van der Waals surface area contributed by atoms with E-state index in [1.807, 2.05) is 97.2 Å². The highest BCUT2D eigenvalue weighted by Crippen LogP contribution is 2.37. The molecule has 2 N–H and O–H groups in total. The molecule has 6 rings (SSSR count). The van der Waals surface area contributed by atoms with Crippen LogP contribution in [-0.4, -0.2) is 16.8 Å². The molecule has 6 aromatic rings. The number of carbonyl (C=O) groups is 2. The van der Waals surface area contributed by atoms with Gasteiger partial charge in [-0.15, -0.1) is 23.1 Å². The predicted molar refractivity (Wildman–Crippen MR) is 174 cm³/mol. The maximum absolute atomic E-state index is 13.6. The number of fused-ring (bicyclic) bond motifs is 1. The Kier molecular flexibility index (Phi) is 8.12.